The van der Waals surface area contributed by atoms with Crippen molar-refractivity contribution in [3.05, 3.63) is 65.5 Å². The first-order valence-electron chi connectivity index (χ1n) is 5.26. The van der Waals surface area contributed by atoms with E-state index >= 15 is 0 Å². The normalized spacial score (nSPS) is 13.6. The minimum Gasteiger partial charge on any atom is -0.508 e. The molecule has 2 aromatic rings. The Balaban J connectivity index is 2.65. The molecule has 1 unspecified atom stereocenters. The highest BCUT2D eigenvalue weighted by Gasteiger charge is 2.34. The van der Waals surface area contributed by atoms with Crippen molar-refractivity contribution in [2.24, 2.45) is 0 Å². The topological polar surface area (TPSA) is 64.2 Å². The lowest BCUT2D eigenvalue weighted by Gasteiger charge is -2.21. The number of benzene rings is 2. The number of nitriles is 1. The van der Waals surface area contributed by atoms with Crippen LogP contribution in [-0.2, 0) is 5.60 Å². The van der Waals surface area contributed by atoms with Crippen LogP contribution in [0.3, 0.4) is 0 Å². The van der Waals surface area contributed by atoms with E-state index in [1.165, 1.54) is 12.1 Å². The number of aliphatic hydroxyl groups is 1. The Morgan fingerprint density at radius 3 is 2.39 bits per heavy atom. The van der Waals surface area contributed by atoms with E-state index in [4.69, 9.17) is 5.26 Å². The van der Waals surface area contributed by atoms with Gasteiger partial charge in [0, 0.05) is 11.1 Å². The number of hydrogen-bond donors (Lipinski definition) is 2. The fraction of sp³-hybridized carbons (Fsp3) is 0.0714. The van der Waals surface area contributed by atoms with Gasteiger partial charge in [0.15, 0.2) is 0 Å². The molecule has 0 aromatic heterocycles. The Labute approximate surface area is 103 Å². The number of hydrogen-bond acceptors (Lipinski definition) is 3. The van der Waals surface area contributed by atoms with Crippen molar-refractivity contribution in [3.8, 4) is 11.8 Å². The standard InChI is InChI=1S/C14H10FNO2/c15-13-7-6-11(17)8-12(13)14(18,9-16)10-4-2-1-3-5-10/h1-8,17-18H. The molecule has 4 heteroatoms. The summed E-state index contributed by atoms with van der Waals surface area (Å²) in [6.45, 7) is 0. The van der Waals surface area contributed by atoms with Crippen molar-refractivity contribution in [2.75, 3.05) is 0 Å². The summed E-state index contributed by atoms with van der Waals surface area (Å²) in [7, 11) is 0. The van der Waals surface area contributed by atoms with Gasteiger partial charge in [-0.1, -0.05) is 30.3 Å². The van der Waals surface area contributed by atoms with E-state index in [1.807, 2.05) is 0 Å². The second-order valence-corrected chi connectivity index (χ2v) is 3.85. The summed E-state index contributed by atoms with van der Waals surface area (Å²) in [6.07, 6.45) is 0. The van der Waals surface area contributed by atoms with Gasteiger partial charge in [0.2, 0.25) is 5.60 Å². The summed E-state index contributed by atoms with van der Waals surface area (Å²) in [4.78, 5) is 0. The van der Waals surface area contributed by atoms with Crippen molar-refractivity contribution in [1.29, 1.82) is 5.26 Å². The van der Waals surface area contributed by atoms with Gasteiger partial charge in [-0.15, -0.1) is 0 Å². The maximum absolute atomic E-state index is 13.7. The van der Waals surface area contributed by atoms with Gasteiger partial charge in [-0.25, -0.2) is 4.39 Å². The highest BCUT2D eigenvalue weighted by atomic mass is 19.1. The van der Waals surface area contributed by atoms with E-state index in [0.29, 0.717) is 0 Å². The zero-order valence-corrected chi connectivity index (χ0v) is 9.34. The summed E-state index contributed by atoms with van der Waals surface area (Å²) in [5.74, 6) is -0.961. The van der Waals surface area contributed by atoms with Gasteiger partial charge in [0.25, 0.3) is 0 Å². The molecule has 0 aliphatic carbocycles. The van der Waals surface area contributed by atoms with Gasteiger partial charge < -0.3 is 10.2 Å². The summed E-state index contributed by atoms with van der Waals surface area (Å²) >= 11 is 0. The molecular formula is C14H10FNO2. The monoisotopic (exact) mass is 243 g/mol. The van der Waals surface area contributed by atoms with Crippen LogP contribution in [0.2, 0.25) is 0 Å². The first kappa shape index (κ1) is 12.1. The van der Waals surface area contributed by atoms with E-state index < -0.39 is 11.4 Å². The molecule has 0 heterocycles. The van der Waals surface area contributed by atoms with Crippen molar-refractivity contribution in [2.45, 2.75) is 5.60 Å². The van der Waals surface area contributed by atoms with Crippen LogP contribution in [-0.4, -0.2) is 10.2 Å². The quantitative estimate of drug-likeness (QED) is 0.795. The van der Waals surface area contributed by atoms with Crippen LogP contribution in [0.15, 0.2) is 48.5 Å². The molecule has 1 atom stereocenters. The Morgan fingerprint density at radius 2 is 1.78 bits per heavy atom. The molecule has 0 aliphatic heterocycles. The first-order valence-corrected chi connectivity index (χ1v) is 5.26. The number of rotatable bonds is 2. The van der Waals surface area contributed by atoms with Crippen molar-refractivity contribution in [3.63, 3.8) is 0 Å². The number of aromatic hydroxyl groups is 1. The third kappa shape index (κ3) is 1.92. The molecule has 0 fully saturated rings. The summed E-state index contributed by atoms with van der Waals surface area (Å²) in [5, 5.41) is 28.9. The zero-order chi connectivity index (χ0) is 13.2. The smallest absolute Gasteiger partial charge is 0.205 e. The average Bonchev–Trinajstić information content (AvgIpc) is 2.41. The summed E-state index contributed by atoms with van der Waals surface area (Å²) in [6, 6.07) is 12.9. The highest BCUT2D eigenvalue weighted by Crippen LogP contribution is 2.32. The molecule has 0 aliphatic rings. The Bertz CT molecular complexity index is 607. The van der Waals surface area contributed by atoms with E-state index in [2.05, 4.69) is 0 Å². The third-order valence-corrected chi connectivity index (χ3v) is 2.69. The predicted molar refractivity (Wildman–Crippen MR) is 63.1 cm³/mol. The van der Waals surface area contributed by atoms with E-state index in [1.54, 1.807) is 24.3 Å². The fourth-order valence-electron chi connectivity index (χ4n) is 1.75. The number of halogens is 1. The largest absolute Gasteiger partial charge is 0.508 e. The minimum atomic E-state index is -2.12. The van der Waals surface area contributed by atoms with E-state index in [9.17, 15) is 14.6 Å². The second kappa shape index (κ2) is 4.47. The van der Waals surface area contributed by atoms with Gasteiger partial charge in [0.05, 0.1) is 0 Å². The second-order valence-electron chi connectivity index (χ2n) is 3.85. The molecule has 0 bridgehead atoms. The molecular weight excluding hydrogens is 233 g/mol. The van der Waals surface area contributed by atoms with Crippen LogP contribution in [0, 0.1) is 17.1 Å². The number of phenolic OH excluding ortho intramolecular Hbond substituents is 1. The lowest BCUT2D eigenvalue weighted by Crippen LogP contribution is -2.26. The lowest BCUT2D eigenvalue weighted by molar-refractivity contribution is 0.137. The van der Waals surface area contributed by atoms with Gasteiger partial charge >= 0.3 is 0 Å². The highest BCUT2D eigenvalue weighted by molar-refractivity contribution is 5.45. The van der Waals surface area contributed by atoms with Gasteiger partial charge in [-0.05, 0) is 18.2 Å². The van der Waals surface area contributed by atoms with Crippen molar-refractivity contribution in [1.82, 2.24) is 0 Å². The molecule has 2 rings (SSSR count). The molecule has 90 valence electrons. The van der Waals surface area contributed by atoms with E-state index in [-0.39, 0.29) is 16.9 Å². The maximum atomic E-state index is 13.7. The molecule has 3 nitrogen and oxygen atoms in total. The molecule has 18 heavy (non-hydrogen) atoms. The van der Waals surface area contributed by atoms with Crippen LogP contribution in [0.4, 0.5) is 4.39 Å². The molecule has 2 N–H and O–H groups in total. The summed E-state index contributed by atoms with van der Waals surface area (Å²) in [5.41, 5.74) is -2.14. The SMILES string of the molecule is N#CC(O)(c1ccccc1)c1cc(O)ccc1F. The van der Waals surface area contributed by atoms with Gasteiger partial charge in [-0.2, -0.15) is 5.26 Å². The van der Waals surface area contributed by atoms with Crippen molar-refractivity contribution < 1.29 is 14.6 Å². The van der Waals surface area contributed by atoms with Crippen molar-refractivity contribution >= 4 is 0 Å². The average molecular weight is 243 g/mol. The minimum absolute atomic E-state index is 0.212. The molecule has 0 amide bonds. The third-order valence-electron chi connectivity index (χ3n) is 2.69. The Hall–Kier alpha value is -2.38. The summed E-state index contributed by atoms with van der Waals surface area (Å²) < 4.78 is 13.7. The van der Waals surface area contributed by atoms with E-state index in [0.717, 1.165) is 18.2 Å². The molecule has 0 saturated carbocycles. The van der Waals surface area contributed by atoms with Crippen LogP contribution in [0.5, 0.6) is 5.75 Å². The van der Waals surface area contributed by atoms with Gasteiger partial charge in [-0.3, -0.25) is 0 Å². The van der Waals surface area contributed by atoms with Crippen LogP contribution in [0.1, 0.15) is 11.1 Å². The molecule has 0 saturated heterocycles. The van der Waals surface area contributed by atoms with Crippen LogP contribution in [0.25, 0.3) is 0 Å². The Kier molecular flexibility index (Phi) is 3.00. The predicted octanol–water partition coefficient (Wildman–Crippen LogP) is 2.29. The van der Waals surface area contributed by atoms with Crippen LogP contribution >= 0.6 is 0 Å². The molecule has 0 radical (unpaired) electrons. The molecule has 0 spiro atoms. The fourth-order valence-corrected chi connectivity index (χ4v) is 1.75. The van der Waals surface area contributed by atoms with Crippen LogP contribution < -0.4 is 0 Å². The zero-order valence-electron chi connectivity index (χ0n) is 9.34. The molecule has 2 aromatic carbocycles. The first-order chi connectivity index (χ1) is 8.58. The number of nitrogens with zero attached hydrogens (tertiary/aromatic N) is 1. The number of phenols is 1. The Morgan fingerprint density at radius 1 is 1.11 bits per heavy atom. The van der Waals surface area contributed by atoms with Gasteiger partial charge in [0.1, 0.15) is 17.6 Å². The lowest BCUT2D eigenvalue weighted by atomic mass is 9.87. The maximum Gasteiger partial charge on any atom is 0.205 e.